The van der Waals surface area contributed by atoms with Crippen LogP contribution in [0.1, 0.15) is 35.7 Å². The van der Waals surface area contributed by atoms with E-state index >= 15 is 0 Å². The van der Waals surface area contributed by atoms with E-state index in [9.17, 15) is 14.4 Å². The van der Waals surface area contributed by atoms with Crippen molar-refractivity contribution in [1.29, 1.82) is 0 Å². The van der Waals surface area contributed by atoms with Crippen molar-refractivity contribution in [2.24, 2.45) is 0 Å². The topological polar surface area (TPSA) is 101 Å². The molecule has 0 aliphatic carbocycles. The molecule has 0 spiro atoms. The number of amides is 1. The average Bonchev–Trinajstić information content (AvgIpc) is 3.28. The molecule has 2 aromatic carbocycles. The van der Waals surface area contributed by atoms with E-state index in [1.165, 1.54) is 11.3 Å². The van der Waals surface area contributed by atoms with Crippen LogP contribution in [-0.2, 0) is 9.53 Å². The maximum atomic E-state index is 12.8. The molecule has 0 radical (unpaired) electrons. The molecule has 7 nitrogen and oxygen atoms in total. The molecule has 0 bridgehead atoms. The summed E-state index contributed by atoms with van der Waals surface area (Å²) in [5, 5.41) is 5.63. The number of aromatic nitrogens is 2. The summed E-state index contributed by atoms with van der Waals surface area (Å²) < 4.78 is 5.22. The van der Waals surface area contributed by atoms with Gasteiger partial charge in [-0.15, -0.1) is 11.3 Å². The third-order valence-electron chi connectivity index (χ3n) is 5.24. The number of carbonyl (C=O) groups is 2. The summed E-state index contributed by atoms with van der Waals surface area (Å²) in [5.41, 5.74) is 3.61. The molecule has 2 aromatic heterocycles. The van der Waals surface area contributed by atoms with Gasteiger partial charge in [0.2, 0.25) is 5.91 Å². The number of thiophene rings is 1. The number of aromatic amines is 1. The van der Waals surface area contributed by atoms with Crippen molar-refractivity contribution in [3.8, 4) is 11.1 Å². The predicted octanol–water partition coefficient (Wildman–Crippen LogP) is 5.65. The molecular formula is C26H25N3O4S2. The van der Waals surface area contributed by atoms with E-state index in [1.807, 2.05) is 43.5 Å². The van der Waals surface area contributed by atoms with Crippen LogP contribution >= 0.6 is 23.1 Å². The summed E-state index contributed by atoms with van der Waals surface area (Å²) in [4.78, 5) is 45.4. The van der Waals surface area contributed by atoms with Crippen molar-refractivity contribution < 1.29 is 14.3 Å². The molecule has 9 heteroatoms. The molecule has 0 saturated heterocycles. The van der Waals surface area contributed by atoms with Crippen molar-refractivity contribution in [1.82, 2.24) is 9.97 Å². The minimum atomic E-state index is -0.417. The first kappa shape index (κ1) is 24.7. The number of nitrogens with one attached hydrogen (secondary N) is 2. The van der Waals surface area contributed by atoms with Gasteiger partial charge in [-0.1, -0.05) is 61.0 Å². The maximum Gasteiger partial charge on any atom is 0.338 e. The van der Waals surface area contributed by atoms with Gasteiger partial charge in [-0.25, -0.2) is 9.78 Å². The summed E-state index contributed by atoms with van der Waals surface area (Å²) in [6.45, 7) is 4.41. The average molecular weight is 508 g/mol. The van der Waals surface area contributed by atoms with E-state index in [2.05, 4.69) is 15.3 Å². The molecule has 0 atom stereocenters. The highest BCUT2D eigenvalue weighted by Gasteiger charge is 2.14. The Hall–Kier alpha value is -3.43. The summed E-state index contributed by atoms with van der Waals surface area (Å²) in [5.74, 6) is -0.642. The lowest BCUT2D eigenvalue weighted by Gasteiger charge is -2.08. The zero-order valence-corrected chi connectivity index (χ0v) is 21.1. The Morgan fingerprint density at radius 2 is 1.97 bits per heavy atom. The number of unbranched alkanes of at least 4 members (excludes halogenated alkanes) is 1. The van der Waals surface area contributed by atoms with Gasteiger partial charge in [-0.05, 0) is 37.1 Å². The van der Waals surface area contributed by atoms with Crippen LogP contribution in [0.15, 0.2) is 63.9 Å². The summed E-state index contributed by atoms with van der Waals surface area (Å²) >= 11 is 2.54. The Kier molecular flexibility index (Phi) is 7.99. The number of benzene rings is 2. The highest BCUT2D eigenvalue weighted by molar-refractivity contribution is 7.99. The van der Waals surface area contributed by atoms with E-state index in [0.29, 0.717) is 33.2 Å². The van der Waals surface area contributed by atoms with E-state index in [1.54, 1.807) is 24.3 Å². The molecule has 0 aliphatic rings. The van der Waals surface area contributed by atoms with E-state index in [-0.39, 0.29) is 17.2 Å². The van der Waals surface area contributed by atoms with E-state index < -0.39 is 5.97 Å². The molecule has 0 unspecified atom stereocenters. The van der Waals surface area contributed by atoms with Crippen LogP contribution in [0, 0.1) is 6.92 Å². The molecule has 4 rings (SSSR count). The molecule has 0 saturated carbocycles. The SMILES string of the molecule is CCCCOC(=O)c1cccc(NC(=O)CSc2nc3scc(-c4ccc(C)cc4)c3c(=O)[nH]2)c1. The molecule has 2 heterocycles. The van der Waals surface area contributed by atoms with E-state index in [4.69, 9.17) is 4.74 Å². The number of hydrogen-bond acceptors (Lipinski definition) is 7. The molecule has 0 fully saturated rings. The lowest BCUT2D eigenvalue weighted by molar-refractivity contribution is -0.113. The third-order valence-corrected chi connectivity index (χ3v) is 6.98. The lowest BCUT2D eigenvalue weighted by Crippen LogP contribution is -2.16. The highest BCUT2D eigenvalue weighted by Crippen LogP contribution is 2.31. The van der Waals surface area contributed by atoms with Gasteiger partial charge in [0.25, 0.3) is 5.56 Å². The number of esters is 1. The van der Waals surface area contributed by atoms with Gasteiger partial charge in [0.15, 0.2) is 5.16 Å². The number of H-pyrrole nitrogens is 1. The number of aryl methyl sites for hydroxylation is 1. The van der Waals surface area contributed by atoms with Crippen LogP contribution in [0.3, 0.4) is 0 Å². The van der Waals surface area contributed by atoms with Crippen molar-refractivity contribution in [2.75, 3.05) is 17.7 Å². The summed E-state index contributed by atoms with van der Waals surface area (Å²) in [6.07, 6.45) is 1.74. The fourth-order valence-corrected chi connectivity index (χ4v) is 5.06. The van der Waals surface area contributed by atoms with Crippen molar-refractivity contribution in [2.45, 2.75) is 31.8 Å². The second-order valence-electron chi connectivity index (χ2n) is 7.97. The van der Waals surface area contributed by atoms with Gasteiger partial charge in [-0.2, -0.15) is 0 Å². The number of thioether (sulfide) groups is 1. The highest BCUT2D eigenvalue weighted by atomic mass is 32.2. The quantitative estimate of drug-likeness (QED) is 0.131. The zero-order valence-electron chi connectivity index (χ0n) is 19.4. The zero-order chi connectivity index (χ0) is 24.8. The van der Waals surface area contributed by atoms with Crippen molar-refractivity contribution in [3.63, 3.8) is 0 Å². The van der Waals surface area contributed by atoms with Crippen LogP contribution in [0.5, 0.6) is 0 Å². The largest absolute Gasteiger partial charge is 0.462 e. The molecule has 1 amide bonds. The molecule has 4 aromatic rings. The van der Waals surface area contributed by atoms with Gasteiger partial charge >= 0.3 is 5.97 Å². The molecule has 0 aliphatic heterocycles. The first-order chi connectivity index (χ1) is 16.9. The number of hydrogen-bond donors (Lipinski definition) is 2. The number of fused-ring (bicyclic) bond motifs is 1. The van der Waals surface area contributed by atoms with Gasteiger partial charge in [-0.3, -0.25) is 9.59 Å². The Morgan fingerprint density at radius 1 is 1.17 bits per heavy atom. The van der Waals surface area contributed by atoms with Crippen LogP contribution in [-0.4, -0.2) is 34.2 Å². The molecule has 2 N–H and O–H groups in total. The Balaban J connectivity index is 1.40. The predicted molar refractivity (Wildman–Crippen MR) is 141 cm³/mol. The van der Waals surface area contributed by atoms with Gasteiger partial charge < -0.3 is 15.0 Å². The summed E-state index contributed by atoms with van der Waals surface area (Å²) in [7, 11) is 0. The second-order valence-corrected chi connectivity index (χ2v) is 9.80. The van der Waals surface area contributed by atoms with Gasteiger partial charge in [0, 0.05) is 16.6 Å². The third kappa shape index (κ3) is 6.17. The number of rotatable bonds is 9. The fourth-order valence-electron chi connectivity index (χ4n) is 3.39. The first-order valence-corrected chi connectivity index (χ1v) is 13.1. The number of carbonyl (C=O) groups excluding carboxylic acids is 2. The minimum Gasteiger partial charge on any atom is -0.462 e. The number of ether oxygens (including phenoxy) is 1. The van der Waals surface area contributed by atoms with Crippen LogP contribution < -0.4 is 10.9 Å². The molecule has 180 valence electrons. The second kappa shape index (κ2) is 11.3. The molecule has 35 heavy (non-hydrogen) atoms. The van der Waals surface area contributed by atoms with E-state index in [0.717, 1.165) is 41.3 Å². The Bertz CT molecular complexity index is 1410. The van der Waals surface area contributed by atoms with Crippen LogP contribution in [0.25, 0.3) is 21.3 Å². The maximum absolute atomic E-state index is 12.8. The van der Waals surface area contributed by atoms with Crippen molar-refractivity contribution >= 4 is 50.9 Å². The Morgan fingerprint density at radius 3 is 2.74 bits per heavy atom. The van der Waals surface area contributed by atoms with Gasteiger partial charge in [0.1, 0.15) is 4.83 Å². The van der Waals surface area contributed by atoms with Crippen LogP contribution in [0.4, 0.5) is 5.69 Å². The monoisotopic (exact) mass is 507 g/mol. The lowest BCUT2D eigenvalue weighted by atomic mass is 10.1. The van der Waals surface area contributed by atoms with Crippen molar-refractivity contribution in [3.05, 3.63) is 75.4 Å². The summed E-state index contributed by atoms with van der Waals surface area (Å²) in [6, 6.07) is 14.6. The van der Waals surface area contributed by atoms with Crippen LogP contribution in [0.2, 0.25) is 0 Å². The normalized spacial score (nSPS) is 10.9. The molecular weight excluding hydrogens is 482 g/mol. The minimum absolute atomic E-state index is 0.0514. The fraction of sp³-hybridized carbons (Fsp3) is 0.231. The first-order valence-electron chi connectivity index (χ1n) is 11.2. The smallest absolute Gasteiger partial charge is 0.338 e. The van der Waals surface area contributed by atoms with Gasteiger partial charge in [0.05, 0.1) is 23.3 Å². The standard InChI is InChI=1S/C26H25N3O4S2/c1-3-4-12-33-25(32)18-6-5-7-19(13-18)27-21(30)15-35-26-28-23(31)22-20(14-34-24(22)29-26)17-10-8-16(2)9-11-17/h5-11,13-14H,3-4,12,15H2,1-2H3,(H,27,30)(H,28,29,31). The Labute approximate surface area is 210 Å². The number of nitrogens with zero attached hydrogens (tertiary/aromatic N) is 1. The number of anilines is 1.